The number of nitrogens with zero attached hydrogens (tertiary/aromatic N) is 3. The van der Waals surface area contributed by atoms with Crippen molar-refractivity contribution in [1.82, 2.24) is 14.9 Å². The topological polar surface area (TPSA) is 55.3 Å². The molecule has 0 N–H and O–H groups in total. The van der Waals surface area contributed by atoms with Gasteiger partial charge in [0.25, 0.3) is 5.91 Å². The molecule has 2 heterocycles. The molecule has 1 aliphatic heterocycles. The van der Waals surface area contributed by atoms with E-state index in [-0.39, 0.29) is 11.7 Å². The second-order valence-electron chi connectivity index (χ2n) is 7.79. The van der Waals surface area contributed by atoms with Crippen LogP contribution >= 0.6 is 0 Å². The highest BCUT2D eigenvalue weighted by molar-refractivity contribution is 6.00. The Morgan fingerprint density at radius 1 is 1.00 bits per heavy atom. The SMILES string of the molecule is Cc1cc(-c2cncnc2)cc2c1C(=O)N(Cc1ccc(Oc3ccccc3F)cc1)C2. The van der Waals surface area contributed by atoms with Gasteiger partial charge in [-0.15, -0.1) is 0 Å². The zero-order valence-corrected chi connectivity index (χ0v) is 17.5. The third-order valence-electron chi connectivity index (χ3n) is 5.53. The van der Waals surface area contributed by atoms with Crippen LogP contribution in [0.4, 0.5) is 4.39 Å². The first-order valence-electron chi connectivity index (χ1n) is 10.3. The number of aryl methyl sites for hydroxylation is 1. The van der Waals surface area contributed by atoms with Gasteiger partial charge in [-0.2, -0.15) is 0 Å². The first-order valence-corrected chi connectivity index (χ1v) is 10.3. The maximum absolute atomic E-state index is 13.8. The Bertz CT molecular complexity index is 1290. The minimum absolute atomic E-state index is 0.0278. The Labute approximate surface area is 185 Å². The molecule has 1 amide bonds. The van der Waals surface area contributed by atoms with E-state index in [1.54, 1.807) is 42.7 Å². The van der Waals surface area contributed by atoms with Crippen molar-refractivity contribution in [2.24, 2.45) is 0 Å². The fourth-order valence-electron chi connectivity index (χ4n) is 4.01. The number of fused-ring (bicyclic) bond motifs is 1. The molecule has 4 aromatic rings. The molecule has 0 bridgehead atoms. The van der Waals surface area contributed by atoms with Gasteiger partial charge in [-0.1, -0.05) is 30.3 Å². The lowest BCUT2D eigenvalue weighted by atomic mass is 9.97. The summed E-state index contributed by atoms with van der Waals surface area (Å²) in [6.07, 6.45) is 5.04. The summed E-state index contributed by atoms with van der Waals surface area (Å²) in [5.74, 6) is 0.342. The van der Waals surface area contributed by atoms with E-state index in [0.717, 1.165) is 33.4 Å². The number of benzene rings is 3. The van der Waals surface area contributed by atoms with Gasteiger partial charge in [0, 0.05) is 36.6 Å². The largest absolute Gasteiger partial charge is 0.454 e. The molecule has 0 atom stereocenters. The van der Waals surface area contributed by atoms with E-state index in [9.17, 15) is 9.18 Å². The van der Waals surface area contributed by atoms with Gasteiger partial charge in [0.2, 0.25) is 0 Å². The molecule has 0 aliphatic carbocycles. The highest BCUT2D eigenvalue weighted by Crippen LogP contribution is 2.32. The molecule has 1 aliphatic rings. The number of aromatic nitrogens is 2. The van der Waals surface area contributed by atoms with Crippen molar-refractivity contribution in [3.05, 3.63) is 107 Å². The minimum Gasteiger partial charge on any atom is -0.454 e. The first-order chi connectivity index (χ1) is 15.6. The summed E-state index contributed by atoms with van der Waals surface area (Å²) >= 11 is 0. The number of para-hydroxylation sites is 1. The van der Waals surface area contributed by atoms with Crippen LogP contribution in [0.5, 0.6) is 11.5 Å². The molecule has 0 spiro atoms. The van der Waals surface area contributed by atoms with Crippen LogP contribution in [0.2, 0.25) is 0 Å². The van der Waals surface area contributed by atoms with E-state index in [0.29, 0.717) is 18.8 Å². The molecule has 6 heteroatoms. The number of halogens is 1. The third-order valence-corrected chi connectivity index (χ3v) is 5.53. The van der Waals surface area contributed by atoms with Crippen molar-refractivity contribution in [2.75, 3.05) is 0 Å². The van der Waals surface area contributed by atoms with Crippen LogP contribution in [0.3, 0.4) is 0 Å². The number of carbonyl (C=O) groups is 1. The van der Waals surface area contributed by atoms with Crippen LogP contribution in [0.15, 0.2) is 79.4 Å². The quantitative estimate of drug-likeness (QED) is 0.421. The summed E-state index contributed by atoms with van der Waals surface area (Å²) in [6, 6.07) is 17.7. The molecule has 1 aromatic heterocycles. The zero-order valence-electron chi connectivity index (χ0n) is 17.5. The van der Waals surface area contributed by atoms with Crippen LogP contribution in [-0.2, 0) is 13.1 Å². The molecule has 0 saturated carbocycles. The second kappa shape index (κ2) is 8.23. The van der Waals surface area contributed by atoms with Gasteiger partial charge in [0.1, 0.15) is 12.1 Å². The molecular weight excluding hydrogens is 405 g/mol. The molecule has 0 unspecified atom stereocenters. The van der Waals surface area contributed by atoms with Crippen LogP contribution in [0.25, 0.3) is 11.1 Å². The van der Waals surface area contributed by atoms with Crippen molar-refractivity contribution in [2.45, 2.75) is 20.0 Å². The van der Waals surface area contributed by atoms with E-state index in [1.807, 2.05) is 36.1 Å². The number of amides is 1. The molecule has 5 nitrogen and oxygen atoms in total. The van der Waals surface area contributed by atoms with Crippen molar-refractivity contribution < 1.29 is 13.9 Å². The summed E-state index contributed by atoms with van der Waals surface area (Å²) in [4.78, 5) is 23.1. The molecule has 158 valence electrons. The number of hydrogen-bond donors (Lipinski definition) is 0. The van der Waals surface area contributed by atoms with Crippen molar-refractivity contribution in [3.63, 3.8) is 0 Å². The average molecular weight is 425 g/mol. The number of hydrogen-bond acceptors (Lipinski definition) is 4. The Morgan fingerprint density at radius 3 is 2.50 bits per heavy atom. The predicted octanol–water partition coefficient (Wildman–Crippen LogP) is 5.54. The fraction of sp³-hybridized carbons (Fsp3) is 0.115. The van der Waals surface area contributed by atoms with E-state index in [1.165, 1.54) is 12.4 Å². The molecule has 32 heavy (non-hydrogen) atoms. The van der Waals surface area contributed by atoms with E-state index < -0.39 is 5.82 Å². The molecular formula is C26H20FN3O2. The molecule has 5 rings (SSSR count). The number of ether oxygens (including phenoxy) is 1. The first kappa shape index (κ1) is 19.9. The van der Waals surface area contributed by atoms with Crippen LogP contribution in [0.1, 0.15) is 27.0 Å². The Balaban J connectivity index is 1.32. The van der Waals surface area contributed by atoms with E-state index in [2.05, 4.69) is 9.97 Å². The normalized spacial score (nSPS) is 12.7. The van der Waals surface area contributed by atoms with Crippen LogP contribution in [-0.4, -0.2) is 20.8 Å². The van der Waals surface area contributed by atoms with Gasteiger partial charge in [-0.25, -0.2) is 14.4 Å². The highest BCUT2D eigenvalue weighted by atomic mass is 19.1. The summed E-state index contributed by atoms with van der Waals surface area (Å²) in [7, 11) is 0. The Hall–Kier alpha value is -4.06. The molecule has 0 radical (unpaired) electrons. The van der Waals surface area contributed by atoms with Gasteiger partial charge in [0.15, 0.2) is 11.6 Å². The van der Waals surface area contributed by atoms with Gasteiger partial charge in [0.05, 0.1) is 0 Å². The lowest BCUT2D eigenvalue weighted by Gasteiger charge is -2.16. The van der Waals surface area contributed by atoms with Gasteiger partial charge >= 0.3 is 0 Å². The number of rotatable bonds is 5. The van der Waals surface area contributed by atoms with Crippen LogP contribution in [0, 0.1) is 12.7 Å². The second-order valence-corrected chi connectivity index (χ2v) is 7.79. The third kappa shape index (κ3) is 3.83. The summed E-state index contributed by atoms with van der Waals surface area (Å²) in [5.41, 5.74) is 5.63. The summed E-state index contributed by atoms with van der Waals surface area (Å²) < 4.78 is 19.4. The van der Waals surface area contributed by atoms with Crippen molar-refractivity contribution >= 4 is 5.91 Å². The Kier molecular flexibility index (Phi) is 5.11. The summed E-state index contributed by atoms with van der Waals surface area (Å²) in [6.45, 7) is 2.99. The maximum Gasteiger partial charge on any atom is 0.255 e. The maximum atomic E-state index is 13.8. The molecule has 0 saturated heterocycles. The van der Waals surface area contributed by atoms with E-state index in [4.69, 9.17) is 4.74 Å². The lowest BCUT2D eigenvalue weighted by Crippen LogP contribution is -2.23. The van der Waals surface area contributed by atoms with Crippen LogP contribution < -0.4 is 4.74 Å². The lowest BCUT2D eigenvalue weighted by molar-refractivity contribution is 0.0766. The minimum atomic E-state index is -0.409. The van der Waals surface area contributed by atoms with Gasteiger partial charge in [-0.3, -0.25) is 4.79 Å². The molecule has 3 aromatic carbocycles. The zero-order chi connectivity index (χ0) is 22.1. The molecule has 0 fully saturated rings. The highest BCUT2D eigenvalue weighted by Gasteiger charge is 2.29. The van der Waals surface area contributed by atoms with Gasteiger partial charge in [-0.05, 0) is 59.5 Å². The average Bonchev–Trinajstić information content (AvgIpc) is 3.12. The number of carbonyl (C=O) groups excluding carboxylic acids is 1. The van der Waals surface area contributed by atoms with Crippen molar-refractivity contribution in [3.8, 4) is 22.6 Å². The standard InChI is InChI=1S/C26H20FN3O2/c1-17-10-19(21-12-28-16-29-13-21)11-20-15-30(26(31)25(17)20)14-18-6-8-22(9-7-18)32-24-5-3-2-4-23(24)27/h2-13,16H,14-15H2,1H3. The Morgan fingerprint density at radius 2 is 1.75 bits per heavy atom. The monoisotopic (exact) mass is 425 g/mol. The van der Waals surface area contributed by atoms with E-state index >= 15 is 0 Å². The predicted molar refractivity (Wildman–Crippen MR) is 119 cm³/mol. The smallest absolute Gasteiger partial charge is 0.255 e. The summed E-state index contributed by atoms with van der Waals surface area (Å²) in [5, 5.41) is 0. The fourth-order valence-corrected chi connectivity index (χ4v) is 4.01. The van der Waals surface area contributed by atoms with Crippen molar-refractivity contribution in [1.29, 1.82) is 0 Å². The van der Waals surface area contributed by atoms with Gasteiger partial charge < -0.3 is 9.64 Å².